The Hall–Kier alpha value is -2.03. The molecule has 2 rings (SSSR count). The highest BCUT2D eigenvalue weighted by Crippen LogP contribution is 2.16. The normalized spacial score (nSPS) is 12.0. The molecule has 0 aliphatic heterocycles. The van der Waals surface area contributed by atoms with Crippen LogP contribution in [0.3, 0.4) is 0 Å². The highest BCUT2D eigenvalue weighted by molar-refractivity contribution is 5.21. The molecule has 0 bridgehead atoms. The number of para-hydroxylation sites is 1. The topological polar surface area (TPSA) is 27.1 Å². The van der Waals surface area contributed by atoms with Gasteiger partial charge in [0.15, 0.2) is 6.23 Å². The minimum Gasteiger partial charge on any atom is -0.467 e. The number of aromatic nitrogens is 2. The largest absolute Gasteiger partial charge is 0.467 e. The van der Waals surface area contributed by atoms with Crippen LogP contribution in [-0.2, 0) is 0 Å². The van der Waals surface area contributed by atoms with Crippen LogP contribution in [0.25, 0.3) is 0 Å². The van der Waals surface area contributed by atoms with Crippen molar-refractivity contribution in [3.05, 3.63) is 61.7 Å². The molecule has 0 N–H and O–H groups in total. The molecule has 0 amide bonds. The number of nitrogens with zero attached hydrogens (tertiary/aromatic N) is 2. The van der Waals surface area contributed by atoms with Crippen molar-refractivity contribution in [3.8, 4) is 5.75 Å². The van der Waals surface area contributed by atoms with Crippen molar-refractivity contribution in [2.45, 2.75) is 6.23 Å². The summed E-state index contributed by atoms with van der Waals surface area (Å²) in [5, 5.41) is 0. The van der Waals surface area contributed by atoms with E-state index in [9.17, 15) is 0 Å². The van der Waals surface area contributed by atoms with Crippen molar-refractivity contribution in [3.63, 3.8) is 0 Å². The highest BCUT2D eigenvalue weighted by Gasteiger charge is 2.06. The predicted octanol–water partition coefficient (Wildman–Crippen LogP) is 2.65. The molecule has 0 radical (unpaired) electrons. The highest BCUT2D eigenvalue weighted by atomic mass is 16.5. The summed E-state index contributed by atoms with van der Waals surface area (Å²) in [5.74, 6) is 0.816. The molecule has 0 aliphatic carbocycles. The molecule has 3 heteroatoms. The summed E-state index contributed by atoms with van der Waals surface area (Å²) in [7, 11) is 0. The van der Waals surface area contributed by atoms with E-state index < -0.39 is 0 Å². The quantitative estimate of drug-likeness (QED) is 0.709. The molecule has 0 aliphatic rings. The fourth-order valence-electron chi connectivity index (χ4n) is 1.29. The van der Waals surface area contributed by atoms with Crippen molar-refractivity contribution >= 4 is 0 Å². The minimum atomic E-state index is -0.213. The van der Waals surface area contributed by atoms with Crippen LogP contribution in [0.1, 0.15) is 6.23 Å². The number of ether oxygens (including phenoxy) is 1. The fourth-order valence-corrected chi connectivity index (χ4v) is 1.29. The number of hydrogen-bond donors (Lipinski definition) is 0. The van der Waals surface area contributed by atoms with Crippen LogP contribution < -0.4 is 4.74 Å². The fraction of sp³-hybridized carbons (Fsp3) is 0.0833. The van der Waals surface area contributed by atoms with E-state index in [1.807, 2.05) is 41.1 Å². The van der Waals surface area contributed by atoms with Crippen LogP contribution >= 0.6 is 0 Å². The van der Waals surface area contributed by atoms with Crippen molar-refractivity contribution in [2.75, 3.05) is 0 Å². The first-order chi connectivity index (χ1) is 7.40. The first-order valence-corrected chi connectivity index (χ1v) is 4.72. The van der Waals surface area contributed by atoms with E-state index in [1.165, 1.54) is 0 Å². The lowest BCUT2D eigenvalue weighted by atomic mass is 10.3. The van der Waals surface area contributed by atoms with Gasteiger partial charge in [-0.05, 0) is 18.2 Å². The van der Waals surface area contributed by atoms with Gasteiger partial charge in [0.25, 0.3) is 0 Å². The summed E-state index contributed by atoms with van der Waals surface area (Å²) in [6.07, 6.45) is 6.78. The molecule has 0 saturated heterocycles. The summed E-state index contributed by atoms with van der Waals surface area (Å²) in [6.45, 7) is 3.74. The van der Waals surface area contributed by atoms with E-state index >= 15 is 0 Å². The molecule has 76 valence electrons. The van der Waals surface area contributed by atoms with Gasteiger partial charge in [-0.2, -0.15) is 0 Å². The van der Waals surface area contributed by atoms with E-state index in [4.69, 9.17) is 4.74 Å². The Morgan fingerprint density at radius 2 is 2.13 bits per heavy atom. The summed E-state index contributed by atoms with van der Waals surface area (Å²) >= 11 is 0. The minimum absolute atomic E-state index is 0.213. The number of benzene rings is 1. The Balaban J connectivity index is 2.13. The zero-order chi connectivity index (χ0) is 10.5. The summed E-state index contributed by atoms with van der Waals surface area (Å²) < 4.78 is 7.56. The van der Waals surface area contributed by atoms with Gasteiger partial charge < -0.3 is 4.74 Å². The monoisotopic (exact) mass is 200 g/mol. The molecule has 1 heterocycles. The zero-order valence-electron chi connectivity index (χ0n) is 8.28. The van der Waals surface area contributed by atoms with Gasteiger partial charge in [0.2, 0.25) is 0 Å². The van der Waals surface area contributed by atoms with E-state index in [2.05, 4.69) is 11.6 Å². The smallest absolute Gasteiger partial charge is 0.196 e. The van der Waals surface area contributed by atoms with E-state index in [0.29, 0.717) is 0 Å². The number of hydrogen-bond acceptors (Lipinski definition) is 2. The molecule has 1 aromatic heterocycles. The van der Waals surface area contributed by atoms with E-state index in [0.717, 1.165) is 5.75 Å². The molecule has 1 atom stereocenters. The standard InChI is InChI=1S/C12H12N2O/c1-2-12(14-9-8-13-10-14)15-11-6-4-3-5-7-11/h2-10,12H,1H2. The maximum absolute atomic E-state index is 5.71. The van der Waals surface area contributed by atoms with Gasteiger partial charge in [0, 0.05) is 12.4 Å². The first-order valence-electron chi connectivity index (χ1n) is 4.72. The molecule has 15 heavy (non-hydrogen) atoms. The maximum atomic E-state index is 5.71. The molecular weight excluding hydrogens is 188 g/mol. The van der Waals surface area contributed by atoms with Crippen molar-refractivity contribution < 1.29 is 4.74 Å². The lowest BCUT2D eigenvalue weighted by molar-refractivity contribution is 0.182. The van der Waals surface area contributed by atoms with Gasteiger partial charge in [-0.15, -0.1) is 0 Å². The SMILES string of the molecule is C=CC(Oc1ccccc1)n1ccnc1. The first kappa shape index (κ1) is 9.52. The summed E-state index contributed by atoms with van der Waals surface area (Å²) in [5.41, 5.74) is 0. The Labute approximate surface area is 88.6 Å². The second kappa shape index (κ2) is 4.46. The predicted molar refractivity (Wildman–Crippen MR) is 58.5 cm³/mol. The van der Waals surface area contributed by atoms with Gasteiger partial charge in [-0.1, -0.05) is 24.8 Å². The number of imidazole rings is 1. The van der Waals surface area contributed by atoms with Gasteiger partial charge in [0.1, 0.15) is 5.75 Å². The molecule has 0 spiro atoms. The Morgan fingerprint density at radius 3 is 2.73 bits per heavy atom. The van der Waals surface area contributed by atoms with Crippen LogP contribution in [0.2, 0.25) is 0 Å². The lowest BCUT2D eigenvalue weighted by Gasteiger charge is -2.16. The van der Waals surface area contributed by atoms with E-state index in [1.54, 1.807) is 18.6 Å². The third-order valence-corrected chi connectivity index (χ3v) is 2.02. The Bertz CT molecular complexity index is 408. The summed E-state index contributed by atoms with van der Waals surface area (Å²) in [4.78, 5) is 3.97. The Morgan fingerprint density at radius 1 is 1.33 bits per heavy atom. The van der Waals surface area contributed by atoms with Crippen LogP contribution in [-0.4, -0.2) is 9.55 Å². The van der Waals surface area contributed by atoms with Crippen molar-refractivity contribution in [2.24, 2.45) is 0 Å². The van der Waals surface area contributed by atoms with Crippen LogP contribution in [0.4, 0.5) is 0 Å². The molecular formula is C12H12N2O. The van der Waals surface area contributed by atoms with Gasteiger partial charge >= 0.3 is 0 Å². The van der Waals surface area contributed by atoms with Crippen molar-refractivity contribution in [1.29, 1.82) is 0 Å². The Kier molecular flexibility index (Phi) is 2.83. The van der Waals surface area contributed by atoms with Gasteiger partial charge in [-0.25, -0.2) is 4.98 Å². The van der Waals surface area contributed by atoms with Gasteiger partial charge in [0.05, 0.1) is 6.33 Å². The van der Waals surface area contributed by atoms with Crippen LogP contribution in [0, 0.1) is 0 Å². The summed E-state index contributed by atoms with van der Waals surface area (Å²) in [6, 6.07) is 9.64. The second-order valence-corrected chi connectivity index (χ2v) is 3.07. The molecule has 1 aromatic carbocycles. The molecule has 2 aromatic rings. The lowest BCUT2D eigenvalue weighted by Crippen LogP contribution is -2.11. The second-order valence-electron chi connectivity index (χ2n) is 3.07. The average molecular weight is 200 g/mol. The maximum Gasteiger partial charge on any atom is 0.196 e. The average Bonchev–Trinajstić information content (AvgIpc) is 2.81. The zero-order valence-corrected chi connectivity index (χ0v) is 8.28. The van der Waals surface area contributed by atoms with Crippen molar-refractivity contribution in [1.82, 2.24) is 9.55 Å². The number of rotatable bonds is 4. The third kappa shape index (κ3) is 2.26. The third-order valence-electron chi connectivity index (χ3n) is 2.02. The van der Waals surface area contributed by atoms with Gasteiger partial charge in [-0.3, -0.25) is 4.57 Å². The van der Waals surface area contributed by atoms with Crippen LogP contribution in [0.5, 0.6) is 5.75 Å². The van der Waals surface area contributed by atoms with Crippen LogP contribution in [0.15, 0.2) is 61.7 Å². The van der Waals surface area contributed by atoms with E-state index in [-0.39, 0.29) is 6.23 Å². The molecule has 1 unspecified atom stereocenters. The molecule has 0 saturated carbocycles. The molecule has 3 nitrogen and oxygen atoms in total. The molecule has 0 fully saturated rings.